The molecule has 0 heterocycles. The second-order valence-electron chi connectivity index (χ2n) is 10.8. The van der Waals surface area contributed by atoms with Crippen molar-refractivity contribution < 1.29 is 28.6 Å². The number of nitrogens with one attached hydrogen (secondary N) is 3. The molecular weight excluding hydrogens is 709 g/mol. The van der Waals surface area contributed by atoms with Crippen LogP contribution in [0.2, 0.25) is 10.0 Å². The topological polar surface area (TPSA) is 115 Å². The molecule has 5 rings (SSSR count). The lowest BCUT2D eigenvalue weighted by molar-refractivity contribution is -0.116. The van der Waals surface area contributed by atoms with E-state index < -0.39 is 17.1 Å². The second-order valence-corrected chi connectivity index (χ2v) is 12.9. The van der Waals surface area contributed by atoms with Gasteiger partial charge in [-0.25, -0.2) is 0 Å². The smallest absolute Gasteiger partial charge is 0.272 e. The van der Waals surface area contributed by atoms with Gasteiger partial charge >= 0.3 is 0 Å². The molecule has 12 heteroatoms. The molecule has 9 nitrogen and oxygen atoms in total. The van der Waals surface area contributed by atoms with E-state index in [9.17, 15) is 14.4 Å². The molecule has 0 aromatic heterocycles. The number of amides is 3. The fraction of sp³-hybridized carbons (Fsp3) is 0.103. The van der Waals surface area contributed by atoms with Gasteiger partial charge in [-0.1, -0.05) is 71.7 Å². The van der Waals surface area contributed by atoms with Gasteiger partial charge in [0.25, 0.3) is 11.8 Å². The Morgan fingerprint density at radius 3 is 1.96 bits per heavy atom. The summed E-state index contributed by atoms with van der Waals surface area (Å²) in [5.41, 5.74) is 2.50. The molecule has 0 bridgehead atoms. The van der Waals surface area contributed by atoms with Crippen LogP contribution in [0, 0.1) is 0 Å². The van der Waals surface area contributed by atoms with Crippen LogP contribution in [-0.4, -0.2) is 39.1 Å². The summed E-state index contributed by atoms with van der Waals surface area (Å²) in [5.74, 6) is -0.195. The van der Waals surface area contributed by atoms with E-state index in [0.717, 1.165) is 10.5 Å². The number of thioether (sulfide) groups is 1. The van der Waals surface area contributed by atoms with Crippen molar-refractivity contribution in [3.8, 4) is 17.2 Å². The second kappa shape index (κ2) is 17.5. The zero-order chi connectivity index (χ0) is 36.3. The van der Waals surface area contributed by atoms with E-state index in [0.29, 0.717) is 49.8 Å². The summed E-state index contributed by atoms with van der Waals surface area (Å²) in [6.45, 7) is 0. The molecule has 0 saturated carbocycles. The number of halogens is 2. The van der Waals surface area contributed by atoms with Gasteiger partial charge in [0.15, 0.2) is 11.5 Å². The minimum atomic E-state index is -0.636. The number of methoxy groups -OCH3 is 3. The van der Waals surface area contributed by atoms with Crippen LogP contribution in [0.1, 0.15) is 26.7 Å². The molecule has 0 radical (unpaired) electrons. The Bertz CT molecular complexity index is 2020. The zero-order valence-electron chi connectivity index (χ0n) is 27.7. The number of anilines is 2. The third kappa shape index (κ3) is 9.64. The number of rotatable bonds is 13. The van der Waals surface area contributed by atoms with Gasteiger partial charge < -0.3 is 30.2 Å². The molecule has 0 spiro atoms. The molecule has 3 amide bonds. The minimum Gasteiger partial charge on any atom is -0.493 e. The van der Waals surface area contributed by atoms with Gasteiger partial charge in [0.2, 0.25) is 11.7 Å². The van der Waals surface area contributed by atoms with E-state index >= 15 is 0 Å². The summed E-state index contributed by atoms with van der Waals surface area (Å²) in [6, 6.07) is 33.1. The molecule has 51 heavy (non-hydrogen) atoms. The molecule has 0 aliphatic rings. The molecule has 0 aliphatic heterocycles. The van der Waals surface area contributed by atoms with E-state index in [4.69, 9.17) is 37.4 Å². The highest BCUT2D eigenvalue weighted by atomic mass is 35.5. The van der Waals surface area contributed by atoms with E-state index in [1.807, 2.05) is 30.3 Å². The van der Waals surface area contributed by atoms with Crippen LogP contribution >= 0.6 is 35.0 Å². The number of hydrogen-bond donors (Lipinski definition) is 3. The highest BCUT2D eigenvalue weighted by Crippen LogP contribution is 2.39. The molecule has 1 atom stereocenters. The number of ether oxygens (including phenoxy) is 3. The van der Waals surface area contributed by atoms with Gasteiger partial charge in [-0.3, -0.25) is 14.4 Å². The summed E-state index contributed by atoms with van der Waals surface area (Å²) >= 11 is 13.8. The lowest BCUT2D eigenvalue weighted by Gasteiger charge is -2.18. The Balaban J connectivity index is 1.39. The normalized spacial score (nSPS) is 11.6. The Morgan fingerprint density at radius 2 is 1.35 bits per heavy atom. The monoisotopic (exact) mass is 741 g/mol. The molecular formula is C39H33Cl2N3O6S. The quantitative estimate of drug-likeness (QED) is 0.0816. The highest BCUT2D eigenvalue weighted by Gasteiger charge is 2.24. The molecule has 5 aromatic carbocycles. The molecule has 0 fully saturated rings. The van der Waals surface area contributed by atoms with Crippen molar-refractivity contribution >= 4 is 70.1 Å². The maximum atomic E-state index is 13.7. The number of benzene rings is 5. The van der Waals surface area contributed by atoms with Crippen molar-refractivity contribution in [2.45, 2.75) is 10.1 Å². The van der Waals surface area contributed by atoms with Gasteiger partial charge in [-0.05, 0) is 83.9 Å². The standard InChI is InChI=1S/C39H33Cl2N3O6S/c1-48-33-21-24(22-34(49-2)35(33)50-3)20-32(44-37(45)26-12-8-5-9-13-26)38(46)42-28-15-17-29(18-16-28)51-36(25-10-6-4-7-11-25)39(47)43-31-23-27(40)14-19-30(31)41/h4-23,36H,1-3H3,(H,42,46)(H,43,47)(H,44,45)/b32-20-. The molecule has 1 unspecified atom stereocenters. The average molecular weight is 743 g/mol. The van der Waals surface area contributed by atoms with Gasteiger partial charge in [-0.15, -0.1) is 11.8 Å². The third-order valence-corrected chi connectivity index (χ3v) is 9.25. The van der Waals surface area contributed by atoms with Crippen LogP contribution in [0.15, 0.2) is 126 Å². The van der Waals surface area contributed by atoms with Crippen molar-refractivity contribution in [3.05, 3.63) is 148 Å². The first-order valence-corrected chi connectivity index (χ1v) is 17.1. The number of carbonyl (C=O) groups excluding carboxylic acids is 3. The van der Waals surface area contributed by atoms with Crippen LogP contribution in [-0.2, 0) is 9.59 Å². The Morgan fingerprint density at radius 1 is 0.725 bits per heavy atom. The molecule has 0 saturated heterocycles. The third-order valence-electron chi connectivity index (χ3n) is 7.42. The predicted molar refractivity (Wildman–Crippen MR) is 203 cm³/mol. The van der Waals surface area contributed by atoms with E-state index in [1.54, 1.807) is 84.9 Å². The summed E-state index contributed by atoms with van der Waals surface area (Å²) in [5, 5.41) is 8.65. The zero-order valence-corrected chi connectivity index (χ0v) is 30.1. The summed E-state index contributed by atoms with van der Waals surface area (Å²) in [4.78, 5) is 41.2. The van der Waals surface area contributed by atoms with Gasteiger partial charge in [0, 0.05) is 21.2 Å². The average Bonchev–Trinajstić information content (AvgIpc) is 3.15. The fourth-order valence-electron chi connectivity index (χ4n) is 4.94. The van der Waals surface area contributed by atoms with E-state index in [1.165, 1.54) is 39.2 Å². The van der Waals surface area contributed by atoms with Crippen LogP contribution in [0.25, 0.3) is 6.08 Å². The Hall–Kier alpha value is -5.42. The van der Waals surface area contributed by atoms with E-state index in [-0.39, 0.29) is 11.6 Å². The number of carbonyl (C=O) groups is 3. The summed E-state index contributed by atoms with van der Waals surface area (Å²) in [7, 11) is 4.47. The Labute approximate surface area is 309 Å². The van der Waals surface area contributed by atoms with Gasteiger partial charge in [-0.2, -0.15) is 0 Å². The van der Waals surface area contributed by atoms with E-state index in [2.05, 4.69) is 16.0 Å². The largest absolute Gasteiger partial charge is 0.493 e. The maximum absolute atomic E-state index is 13.7. The molecule has 260 valence electrons. The van der Waals surface area contributed by atoms with Crippen molar-refractivity contribution in [1.82, 2.24) is 5.32 Å². The minimum absolute atomic E-state index is 0.0305. The lowest BCUT2D eigenvalue weighted by Crippen LogP contribution is -2.30. The molecule has 0 aliphatic carbocycles. The van der Waals surface area contributed by atoms with Crippen molar-refractivity contribution in [2.24, 2.45) is 0 Å². The molecule has 3 N–H and O–H groups in total. The molecule has 5 aromatic rings. The first-order valence-electron chi connectivity index (χ1n) is 15.5. The van der Waals surface area contributed by atoms with Crippen molar-refractivity contribution in [2.75, 3.05) is 32.0 Å². The SMILES string of the molecule is COc1cc(/C=C(\NC(=O)c2ccccc2)C(=O)Nc2ccc(SC(C(=O)Nc3cc(Cl)ccc3Cl)c3ccccc3)cc2)cc(OC)c1OC. The Kier molecular flexibility index (Phi) is 12.6. The van der Waals surface area contributed by atoms with Crippen molar-refractivity contribution in [1.29, 1.82) is 0 Å². The highest BCUT2D eigenvalue weighted by molar-refractivity contribution is 8.00. The van der Waals surface area contributed by atoms with Crippen LogP contribution in [0.4, 0.5) is 11.4 Å². The summed E-state index contributed by atoms with van der Waals surface area (Å²) < 4.78 is 16.4. The lowest BCUT2D eigenvalue weighted by atomic mass is 10.1. The number of hydrogen-bond acceptors (Lipinski definition) is 7. The summed E-state index contributed by atoms with van der Waals surface area (Å²) in [6.07, 6.45) is 1.51. The predicted octanol–water partition coefficient (Wildman–Crippen LogP) is 8.90. The first-order chi connectivity index (χ1) is 24.7. The fourth-order valence-corrected chi connectivity index (χ4v) is 6.30. The van der Waals surface area contributed by atoms with Crippen LogP contribution in [0.3, 0.4) is 0 Å². The van der Waals surface area contributed by atoms with Crippen molar-refractivity contribution in [3.63, 3.8) is 0 Å². The van der Waals surface area contributed by atoms with Crippen LogP contribution in [0.5, 0.6) is 17.2 Å². The van der Waals surface area contributed by atoms with Gasteiger partial charge in [0.05, 0.1) is 32.0 Å². The first kappa shape index (κ1) is 36.9. The maximum Gasteiger partial charge on any atom is 0.272 e. The van der Waals surface area contributed by atoms with Crippen LogP contribution < -0.4 is 30.2 Å². The van der Waals surface area contributed by atoms with Gasteiger partial charge in [0.1, 0.15) is 10.9 Å².